The number of hydrogen-bond acceptors (Lipinski definition) is 3. The summed E-state index contributed by atoms with van der Waals surface area (Å²) in [4.78, 5) is 11.0. The fraction of sp³-hybridized carbons (Fsp3) is 0.615. The van der Waals surface area contributed by atoms with Crippen LogP contribution in [0.1, 0.15) is 55.1 Å². The van der Waals surface area contributed by atoms with Crippen LogP contribution in [0.4, 0.5) is 0 Å². The summed E-state index contributed by atoms with van der Waals surface area (Å²) in [6.45, 7) is 2.16. The summed E-state index contributed by atoms with van der Waals surface area (Å²) in [5.74, 6) is -0.245. The maximum Gasteiger partial charge on any atom is 0.339 e. The molecule has 2 N–H and O–H groups in total. The maximum absolute atomic E-state index is 11.0. The molecule has 2 rings (SSSR count). The summed E-state index contributed by atoms with van der Waals surface area (Å²) in [6, 6.07) is 1.41. The summed E-state index contributed by atoms with van der Waals surface area (Å²) in [5, 5.41) is 19.7. The first-order valence-electron chi connectivity index (χ1n) is 6.06. The molecule has 0 radical (unpaired) electrons. The van der Waals surface area contributed by atoms with Crippen LogP contribution in [0.15, 0.2) is 16.7 Å². The Morgan fingerprint density at radius 2 is 2.24 bits per heavy atom. The van der Waals surface area contributed by atoms with Crippen molar-refractivity contribution in [2.45, 2.75) is 44.6 Å². The molecule has 1 aliphatic carbocycles. The van der Waals surface area contributed by atoms with Crippen LogP contribution < -0.4 is 0 Å². The van der Waals surface area contributed by atoms with E-state index in [9.17, 15) is 9.90 Å². The van der Waals surface area contributed by atoms with E-state index in [1.165, 1.54) is 12.3 Å². The van der Waals surface area contributed by atoms with E-state index in [4.69, 9.17) is 9.52 Å². The Labute approximate surface area is 100 Å². The first kappa shape index (κ1) is 12.2. The third-order valence-electron chi connectivity index (χ3n) is 3.66. The summed E-state index contributed by atoms with van der Waals surface area (Å²) in [6.07, 6.45) is 5.36. The number of hydrogen-bond donors (Lipinski definition) is 2. The van der Waals surface area contributed by atoms with Gasteiger partial charge in [0.1, 0.15) is 16.9 Å². The van der Waals surface area contributed by atoms with Gasteiger partial charge in [0.2, 0.25) is 0 Å². The number of aromatic carboxylic acids is 1. The zero-order chi connectivity index (χ0) is 12.5. The third-order valence-corrected chi connectivity index (χ3v) is 3.66. The maximum atomic E-state index is 11.0. The highest BCUT2D eigenvalue weighted by molar-refractivity contribution is 5.89. The van der Waals surface area contributed by atoms with Crippen LogP contribution in [0.25, 0.3) is 0 Å². The molecule has 2 unspecified atom stereocenters. The van der Waals surface area contributed by atoms with Gasteiger partial charge >= 0.3 is 5.97 Å². The molecule has 94 valence electrons. The Hall–Kier alpha value is -1.29. The topological polar surface area (TPSA) is 70.7 Å². The molecule has 0 amide bonds. The van der Waals surface area contributed by atoms with Gasteiger partial charge in [-0.15, -0.1) is 0 Å². The molecule has 1 fully saturated rings. The monoisotopic (exact) mass is 238 g/mol. The van der Waals surface area contributed by atoms with Gasteiger partial charge in [-0.1, -0.05) is 13.3 Å². The van der Waals surface area contributed by atoms with Crippen molar-refractivity contribution in [2.75, 3.05) is 0 Å². The Kier molecular flexibility index (Phi) is 3.24. The molecule has 0 bridgehead atoms. The predicted octanol–water partition coefficient (Wildman–Crippen LogP) is 2.77. The summed E-state index contributed by atoms with van der Waals surface area (Å²) in [7, 11) is 0. The number of carboxylic acids is 1. The van der Waals surface area contributed by atoms with Crippen LogP contribution in [0.5, 0.6) is 0 Å². The van der Waals surface area contributed by atoms with Crippen LogP contribution in [0, 0.1) is 5.92 Å². The van der Waals surface area contributed by atoms with Gasteiger partial charge in [-0.3, -0.25) is 0 Å². The molecule has 0 aliphatic heterocycles. The lowest BCUT2D eigenvalue weighted by Gasteiger charge is -2.24. The molecule has 1 heterocycles. The molecular formula is C13H18O4. The minimum absolute atomic E-state index is 0.0852. The van der Waals surface area contributed by atoms with E-state index in [2.05, 4.69) is 6.92 Å². The average molecular weight is 238 g/mol. The second-order valence-corrected chi connectivity index (χ2v) is 5.04. The minimum Gasteiger partial charge on any atom is -0.478 e. The van der Waals surface area contributed by atoms with Gasteiger partial charge in [-0.25, -0.2) is 4.79 Å². The van der Waals surface area contributed by atoms with Crippen molar-refractivity contribution < 1.29 is 19.4 Å². The zero-order valence-electron chi connectivity index (χ0n) is 9.98. The molecule has 0 aromatic carbocycles. The van der Waals surface area contributed by atoms with E-state index < -0.39 is 11.6 Å². The zero-order valence-corrected chi connectivity index (χ0v) is 9.98. The Bertz CT molecular complexity index is 409. The van der Waals surface area contributed by atoms with E-state index in [1.54, 1.807) is 0 Å². The van der Waals surface area contributed by atoms with E-state index in [0.717, 1.165) is 19.3 Å². The standard InChI is InChI=1S/C13H18O4/c1-9-3-2-6-13(16,7-4-9)11-10(12(14)15)5-8-17-11/h5,8-9,16H,2-4,6-7H2,1H3,(H,14,15). The molecule has 4 heteroatoms. The van der Waals surface area contributed by atoms with E-state index in [1.807, 2.05) is 0 Å². The summed E-state index contributed by atoms with van der Waals surface area (Å²) >= 11 is 0. The van der Waals surface area contributed by atoms with Gasteiger partial charge in [0.25, 0.3) is 0 Å². The average Bonchev–Trinajstić information content (AvgIpc) is 2.70. The lowest BCUT2D eigenvalue weighted by atomic mass is 9.89. The van der Waals surface area contributed by atoms with E-state index >= 15 is 0 Å². The third kappa shape index (κ3) is 2.36. The van der Waals surface area contributed by atoms with Gasteiger partial charge in [-0.05, 0) is 37.7 Å². The highest BCUT2D eigenvalue weighted by Gasteiger charge is 2.37. The molecule has 1 saturated carbocycles. The van der Waals surface area contributed by atoms with Gasteiger partial charge in [0.05, 0.1) is 6.26 Å². The predicted molar refractivity (Wildman–Crippen MR) is 61.8 cm³/mol. The second kappa shape index (κ2) is 4.53. The van der Waals surface area contributed by atoms with Gasteiger partial charge in [-0.2, -0.15) is 0 Å². The fourth-order valence-electron chi connectivity index (χ4n) is 2.56. The van der Waals surface area contributed by atoms with Crippen molar-refractivity contribution in [1.29, 1.82) is 0 Å². The SMILES string of the molecule is CC1CCCC(O)(c2occc2C(=O)O)CC1. The largest absolute Gasteiger partial charge is 0.478 e. The van der Waals surface area contributed by atoms with Crippen LogP contribution >= 0.6 is 0 Å². The van der Waals surface area contributed by atoms with E-state index in [0.29, 0.717) is 18.8 Å². The quantitative estimate of drug-likeness (QED) is 0.777. The smallest absolute Gasteiger partial charge is 0.339 e. The van der Waals surface area contributed by atoms with Crippen molar-refractivity contribution in [3.8, 4) is 0 Å². The molecule has 4 nitrogen and oxygen atoms in total. The van der Waals surface area contributed by atoms with Gasteiger partial charge < -0.3 is 14.6 Å². The van der Waals surface area contributed by atoms with Gasteiger partial charge in [0, 0.05) is 0 Å². The van der Waals surface area contributed by atoms with Crippen molar-refractivity contribution >= 4 is 5.97 Å². The number of rotatable bonds is 2. The molecule has 1 aliphatic rings. The van der Waals surface area contributed by atoms with Crippen molar-refractivity contribution in [2.24, 2.45) is 5.92 Å². The minimum atomic E-state index is -1.11. The highest BCUT2D eigenvalue weighted by atomic mass is 16.4. The first-order valence-corrected chi connectivity index (χ1v) is 6.06. The van der Waals surface area contributed by atoms with Crippen LogP contribution in [-0.4, -0.2) is 16.2 Å². The van der Waals surface area contributed by atoms with Crippen LogP contribution in [0.3, 0.4) is 0 Å². The normalized spacial score (nSPS) is 29.9. The van der Waals surface area contributed by atoms with Gasteiger partial charge in [0.15, 0.2) is 0 Å². The number of furan rings is 1. The second-order valence-electron chi connectivity index (χ2n) is 5.04. The van der Waals surface area contributed by atoms with Crippen LogP contribution in [-0.2, 0) is 5.60 Å². The van der Waals surface area contributed by atoms with E-state index in [-0.39, 0.29) is 11.3 Å². The molecule has 2 atom stereocenters. The first-order chi connectivity index (χ1) is 8.03. The highest BCUT2D eigenvalue weighted by Crippen LogP contribution is 2.39. The lowest BCUT2D eigenvalue weighted by molar-refractivity contribution is -0.00268. The summed E-state index contributed by atoms with van der Waals surface area (Å²) in [5.41, 5.74) is -1.02. The van der Waals surface area contributed by atoms with Crippen molar-refractivity contribution in [3.63, 3.8) is 0 Å². The van der Waals surface area contributed by atoms with Crippen molar-refractivity contribution in [1.82, 2.24) is 0 Å². The summed E-state index contributed by atoms with van der Waals surface area (Å²) < 4.78 is 5.23. The van der Waals surface area contributed by atoms with Crippen LogP contribution in [0.2, 0.25) is 0 Å². The molecule has 17 heavy (non-hydrogen) atoms. The Morgan fingerprint density at radius 3 is 2.94 bits per heavy atom. The van der Waals surface area contributed by atoms with Crippen molar-refractivity contribution in [3.05, 3.63) is 23.7 Å². The fourth-order valence-corrected chi connectivity index (χ4v) is 2.56. The Morgan fingerprint density at radius 1 is 1.47 bits per heavy atom. The molecule has 1 aromatic heterocycles. The Balaban J connectivity index is 2.30. The molecular weight excluding hydrogens is 220 g/mol. The number of carboxylic acid groups (broad SMARTS) is 1. The lowest BCUT2D eigenvalue weighted by Crippen LogP contribution is -2.26. The molecule has 0 spiro atoms. The molecule has 1 aromatic rings. The molecule has 0 saturated heterocycles. The number of carbonyl (C=O) groups is 1. The number of aliphatic hydroxyl groups is 1.